The quantitative estimate of drug-likeness (QED) is 0.609. The summed E-state index contributed by atoms with van der Waals surface area (Å²) in [4.78, 5) is 23.8. The highest BCUT2D eigenvalue weighted by molar-refractivity contribution is 9.10. The summed E-state index contributed by atoms with van der Waals surface area (Å²) in [7, 11) is 0. The van der Waals surface area contributed by atoms with Crippen molar-refractivity contribution in [2.75, 3.05) is 18.4 Å². The molecule has 7 heteroatoms. The number of hydrogen-bond donors (Lipinski definition) is 3. The highest BCUT2D eigenvalue weighted by Gasteiger charge is 2.24. The number of nitrogens with one attached hydrogen (secondary N) is 3. The molecule has 0 unspecified atom stereocenters. The average molecular weight is 436 g/mol. The molecule has 0 aliphatic rings. The third kappa shape index (κ3) is 6.67. The summed E-state index contributed by atoms with van der Waals surface area (Å²) in [5.41, 5.74) is 0.678. The zero-order valence-corrected chi connectivity index (χ0v) is 16.9. The van der Waals surface area contributed by atoms with Crippen molar-refractivity contribution in [2.45, 2.75) is 25.7 Å². The highest BCUT2D eigenvalue weighted by Crippen LogP contribution is 2.24. The van der Waals surface area contributed by atoms with Gasteiger partial charge < -0.3 is 16.0 Å². The van der Waals surface area contributed by atoms with Crippen LogP contribution < -0.4 is 16.0 Å². The number of halogens is 2. The number of urea groups is 1. The lowest BCUT2D eigenvalue weighted by molar-refractivity contribution is -0.121. The Morgan fingerprint density at radius 2 is 1.70 bits per heavy atom. The summed E-state index contributed by atoms with van der Waals surface area (Å²) < 4.78 is 14.9. The Morgan fingerprint density at radius 3 is 2.37 bits per heavy atom. The largest absolute Gasteiger partial charge is 0.355 e. The van der Waals surface area contributed by atoms with Gasteiger partial charge in [-0.3, -0.25) is 4.79 Å². The molecule has 2 aromatic rings. The third-order valence-electron chi connectivity index (χ3n) is 4.07. The zero-order valence-electron chi connectivity index (χ0n) is 15.3. The number of carbonyl (C=O) groups excluding carboxylic acids is 2. The Morgan fingerprint density at radius 1 is 1.04 bits per heavy atom. The Balaban J connectivity index is 1.72. The number of hydrogen-bond acceptors (Lipinski definition) is 2. The van der Waals surface area contributed by atoms with Gasteiger partial charge in [0.1, 0.15) is 5.82 Å². The van der Waals surface area contributed by atoms with Gasteiger partial charge >= 0.3 is 6.03 Å². The van der Waals surface area contributed by atoms with E-state index in [1.807, 2.05) is 26.0 Å². The van der Waals surface area contributed by atoms with E-state index in [2.05, 4.69) is 31.9 Å². The minimum atomic E-state index is -0.534. The third-order valence-corrected chi connectivity index (χ3v) is 4.60. The van der Waals surface area contributed by atoms with Gasteiger partial charge in [0, 0.05) is 35.1 Å². The number of benzene rings is 2. The van der Waals surface area contributed by atoms with E-state index in [1.54, 1.807) is 30.3 Å². The van der Waals surface area contributed by atoms with Crippen LogP contribution in [0.15, 0.2) is 53.0 Å². The van der Waals surface area contributed by atoms with Gasteiger partial charge in [-0.25, -0.2) is 9.18 Å². The van der Waals surface area contributed by atoms with Gasteiger partial charge in [0.25, 0.3) is 0 Å². The predicted octanol–water partition coefficient (Wildman–Crippen LogP) is 4.19. The number of carbonyl (C=O) groups is 2. The Labute approximate surface area is 166 Å². The molecule has 2 rings (SSSR count). The van der Waals surface area contributed by atoms with E-state index >= 15 is 0 Å². The lowest BCUT2D eigenvalue weighted by Gasteiger charge is -2.26. The van der Waals surface area contributed by atoms with Crippen LogP contribution in [-0.4, -0.2) is 25.0 Å². The summed E-state index contributed by atoms with van der Waals surface area (Å²) >= 11 is 3.32. The van der Waals surface area contributed by atoms with Gasteiger partial charge in [0.05, 0.1) is 0 Å². The molecule has 27 heavy (non-hydrogen) atoms. The second-order valence-corrected chi connectivity index (χ2v) is 7.69. The van der Waals surface area contributed by atoms with Crippen LogP contribution in [-0.2, 0) is 10.2 Å². The van der Waals surface area contributed by atoms with Crippen molar-refractivity contribution in [1.82, 2.24) is 10.6 Å². The first-order valence-electron chi connectivity index (χ1n) is 8.60. The topological polar surface area (TPSA) is 70.2 Å². The fourth-order valence-electron chi connectivity index (χ4n) is 2.51. The zero-order chi connectivity index (χ0) is 19.9. The molecule has 0 spiro atoms. The maximum atomic E-state index is 13.9. The lowest BCUT2D eigenvalue weighted by Crippen LogP contribution is -2.39. The van der Waals surface area contributed by atoms with Crippen molar-refractivity contribution >= 4 is 33.6 Å². The Bertz CT molecular complexity index is 794. The van der Waals surface area contributed by atoms with E-state index in [-0.39, 0.29) is 30.7 Å². The molecular weight excluding hydrogens is 413 g/mol. The normalized spacial score (nSPS) is 11.0. The van der Waals surface area contributed by atoms with E-state index < -0.39 is 5.41 Å². The second kappa shape index (κ2) is 9.50. The van der Waals surface area contributed by atoms with Crippen LogP contribution in [0, 0.1) is 5.82 Å². The summed E-state index contributed by atoms with van der Waals surface area (Å²) in [6.07, 6.45) is 0.140. The molecule has 5 nitrogen and oxygen atoms in total. The van der Waals surface area contributed by atoms with Crippen molar-refractivity contribution in [3.63, 3.8) is 0 Å². The predicted molar refractivity (Wildman–Crippen MR) is 108 cm³/mol. The molecule has 0 aliphatic carbocycles. The molecule has 0 saturated heterocycles. The standard InChI is InChI=1S/C20H23BrFN3O2/c1-20(2,16-5-3-4-6-17(16)22)13-24-18(26)11-12-23-19(27)25-15-9-7-14(21)8-10-15/h3-10H,11-13H2,1-2H3,(H,24,26)(H2,23,25,27). The minimum absolute atomic E-state index is 0.140. The smallest absolute Gasteiger partial charge is 0.319 e. The van der Waals surface area contributed by atoms with Crippen LogP contribution in [0.3, 0.4) is 0 Å². The van der Waals surface area contributed by atoms with Gasteiger partial charge in [-0.15, -0.1) is 0 Å². The molecule has 0 saturated carbocycles. The van der Waals surface area contributed by atoms with Gasteiger partial charge in [-0.05, 0) is 35.9 Å². The molecule has 144 valence electrons. The Hall–Kier alpha value is -2.41. The van der Waals surface area contributed by atoms with Crippen molar-refractivity contribution in [3.05, 3.63) is 64.4 Å². The molecule has 2 aromatic carbocycles. The highest BCUT2D eigenvalue weighted by atomic mass is 79.9. The molecule has 0 heterocycles. The second-order valence-electron chi connectivity index (χ2n) is 6.78. The van der Waals surface area contributed by atoms with Crippen LogP contribution >= 0.6 is 15.9 Å². The van der Waals surface area contributed by atoms with E-state index in [9.17, 15) is 14.0 Å². The van der Waals surface area contributed by atoms with Crippen LogP contribution in [0.5, 0.6) is 0 Å². The molecule has 0 radical (unpaired) electrons. The number of anilines is 1. The fourth-order valence-corrected chi connectivity index (χ4v) is 2.78. The van der Waals surface area contributed by atoms with E-state index in [1.165, 1.54) is 6.07 Å². The summed E-state index contributed by atoms with van der Waals surface area (Å²) in [6.45, 7) is 4.25. The van der Waals surface area contributed by atoms with Crippen molar-refractivity contribution in [1.29, 1.82) is 0 Å². The minimum Gasteiger partial charge on any atom is -0.355 e. The molecule has 3 N–H and O–H groups in total. The monoisotopic (exact) mass is 435 g/mol. The molecule has 0 atom stereocenters. The van der Waals surface area contributed by atoms with Crippen molar-refractivity contribution in [2.24, 2.45) is 0 Å². The van der Waals surface area contributed by atoms with Crippen LogP contribution in [0.4, 0.5) is 14.9 Å². The van der Waals surface area contributed by atoms with Gasteiger partial charge in [0.2, 0.25) is 5.91 Å². The van der Waals surface area contributed by atoms with Crippen LogP contribution in [0.1, 0.15) is 25.8 Å². The Kier molecular flexibility index (Phi) is 7.36. The van der Waals surface area contributed by atoms with E-state index in [0.717, 1.165) is 4.47 Å². The number of amides is 3. The maximum Gasteiger partial charge on any atom is 0.319 e. The fraction of sp³-hybridized carbons (Fsp3) is 0.300. The first kappa shape index (κ1) is 20.9. The first-order chi connectivity index (χ1) is 12.8. The van der Waals surface area contributed by atoms with Crippen molar-refractivity contribution in [3.8, 4) is 0 Å². The maximum absolute atomic E-state index is 13.9. The van der Waals surface area contributed by atoms with Gasteiger partial charge in [-0.1, -0.05) is 48.0 Å². The van der Waals surface area contributed by atoms with Crippen LogP contribution in [0.2, 0.25) is 0 Å². The summed E-state index contributed by atoms with van der Waals surface area (Å²) in [5, 5.41) is 8.11. The van der Waals surface area contributed by atoms with Gasteiger partial charge in [-0.2, -0.15) is 0 Å². The SMILES string of the molecule is CC(C)(CNC(=O)CCNC(=O)Nc1ccc(Br)cc1)c1ccccc1F. The molecule has 0 fully saturated rings. The lowest BCUT2D eigenvalue weighted by atomic mass is 9.84. The average Bonchev–Trinajstić information content (AvgIpc) is 2.62. The van der Waals surface area contributed by atoms with E-state index in [0.29, 0.717) is 17.8 Å². The molecule has 0 bridgehead atoms. The van der Waals surface area contributed by atoms with Gasteiger partial charge in [0.15, 0.2) is 0 Å². The van der Waals surface area contributed by atoms with E-state index in [4.69, 9.17) is 0 Å². The molecule has 3 amide bonds. The molecular formula is C20H23BrFN3O2. The van der Waals surface area contributed by atoms with Crippen molar-refractivity contribution < 1.29 is 14.0 Å². The molecule has 0 aromatic heterocycles. The number of rotatable bonds is 7. The first-order valence-corrected chi connectivity index (χ1v) is 9.39. The summed E-state index contributed by atoms with van der Waals surface area (Å²) in [6, 6.07) is 13.3. The van der Waals surface area contributed by atoms with Crippen LogP contribution in [0.25, 0.3) is 0 Å². The molecule has 0 aliphatic heterocycles. The summed E-state index contributed by atoms with van der Waals surface area (Å²) in [5.74, 6) is -0.494.